The first-order chi connectivity index (χ1) is 9.70. The van der Waals surface area contributed by atoms with Gasteiger partial charge in [0.05, 0.1) is 5.56 Å². The molecule has 1 aromatic heterocycles. The number of aromatic nitrogens is 1. The summed E-state index contributed by atoms with van der Waals surface area (Å²) in [4.78, 5) is 16.1. The standard InChI is InChI=1S/C15H12N2O3/c18-10-4-6-11-5-3-9-14(16-11)17-15(20)12-7-1-2-8-13(12)19/h1-3,5,7-9,18-19H,10H2,(H,16,17,20). The second-order valence-corrected chi connectivity index (χ2v) is 3.84. The fourth-order valence-corrected chi connectivity index (χ4v) is 1.55. The molecule has 5 nitrogen and oxygen atoms in total. The zero-order valence-corrected chi connectivity index (χ0v) is 10.5. The lowest BCUT2D eigenvalue weighted by Crippen LogP contribution is -2.13. The molecule has 0 aliphatic rings. The quantitative estimate of drug-likeness (QED) is 0.719. The van der Waals surface area contributed by atoms with Crippen molar-refractivity contribution in [3.05, 3.63) is 53.7 Å². The minimum absolute atomic E-state index is 0.0961. The molecular weight excluding hydrogens is 256 g/mol. The van der Waals surface area contributed by atoms with Gasteiger partial charge in [0.25, 0.3) is 5.91 Å². The third-order valence-corrected chi connectivity index (χ3v) is 2.43. The molecule has 0 aliphatic carbocycles. The van der Waals surface area contributed by atoms with Crippen molar-refractivity contribution in [1.82, 2.24) is 4.98 Å². The van der Waals surface area contributed by atoms with Crippen LogP contribution in [0.1, 0.15) is 16.1 Å². The molecule has 0 aliphatic heterocycles. The van der Waals surface area contributed by atoms with Gasteiger partial charge in [0.2, 0.25) is 0 Å². The second kappa shape index (κ2) is 6.36. The molecule has 0 bridgehead atoms. The van der Waals surface area contributed by atoms with Gasteiger partial charge in [-0.05, 0) is 30.2 Å². The maximum Gasteiger partial charge on any atom is 0.260 e. The number of nitrogens with zero attached hydrogens (tertiary/aromatic N) is 1. The van der Waals surface area contributed by atoms with Crippen LogP contribution in [0.3, 0.4) is 0 Å². The number of hydrogen-bond donors (Lipinski definition) is 3. The maximum absolute atomic E-state index is 12.0. The van der Waals surface area contributed by atoms with Gasteiger partial charge in [0.1, 0.15) is 23.9 Å². The summed E-state index contributed by atoms with van der Waals surface area (Å²) in [6, 6.07) is 11.2. The van der Waals surface area contributed by atoms with Crippen LogP contribution in [-0.4, -0.2) is 27.7 Å². The van der Waals surface area contributed by atoms with Crippen LogP contribution in [0.25, 0.3) is 0 Å². The highest BCUT2D eigenvalue weighted by Crippen LogP contribution is 2.17. The summed E-state index contributed by atoms with van der Waals surface area (Å²) >= 11 is 0. The number of aromatic hydroxyl groups is 1. The van der Waals surface area contributed by atoms with Gasteiger partial charge in [-0.3, -0.25) is 4.79 Å². The zero-order valence-electron chi connectivity index (χ0n) is 10.5. The lowest BCUT2D eigenvalue weighted by molar-refractivity contribution is 0.102. The molecule has 5 heteroatoms. The number of aliphatic hydroxyl groups is 1. The van der Waals surface area contributed by atoms with Crippen LogP contribution in [0.5, 0.6) is 5.75 Å². The first-order valence-corrected chi connectivity index (χ1v) is 5.87. The van der Waals surface area contributed by atoms with E-state index in [-0.39, 0.29) is 17.9 Å². The van der Waals surface area contributed by atoms with Crippen molar-refractivity contribution in [3.8, 4) is 17.6 Å². The normalized spacial score (nSPS) is 9.45. The summed E-state index contributed by atoms with van der Waals surface area (Å²) in [5, 5.41) is 20.8. The van der Waals surface area contributed by atoms with Crippen LogP contribution >= 0.6 is 0 Å². The summed E-state index contributed by atoms with van der Waals surface area (Å²) in [5.74, 6) is 4.89. The summed E-state index contributed by atoms with van der Waals surface area (Å²) in [6.07, 6.45) is 0. The highest BCUT2D eigenvalue weighted by molar-refractivity contribution is 6.05. The molecule has 0 saturated carbocycles. The van der Waals surface area contributed by atoms with E-state index in [0.717, 1.165) is 0 Å². The van der Waals surface area contributed by atoms with Gasteiger partial charge in [-0.25, -0.2) is 4.98 Å². The Morgan fingerprint density at radius 1 is 1.20 bits per heavy atom. The third-order valence-electron chi connectivity index (χ3n) is 2.43. The van der Waals surface area contributed by atoms with Gasteiger partial charge in [-0.15, -0.1) is 0 Å². The van der Waals surface area contributed by atoms with E-state index in [1.807, 2.05) is 0 Å². The average molecular weight is 268 g/mol. The average Bonchev–Trinajstić information content (AvgIpc) is 2.46. The lowest BCUT2D eigenvalue weighted by atomic mass is 10.2. The molecule has 0 fully saturated rings. The van der Waals surface area contributed by atoms with Gasteiger partial charge < -0.3 is 15.5 Å². The summed E-state index contributed by atoms with van der Waals surface area (Å²) < 4.78 is 0. The Balaban J connectivity index is 2.18. The molecule has 1 amide bonds. The van der Waals surface area contributed by atoms with Crippen LogP contribution in [0.4, 0.5) is 5.82 Å². The van der Waals surface area contributed by atoms with Gasteiger partial charge in [-0.1, -0.05) is 24.1 Å². The third kappa shape index (κ3) is 3.34. The molecule has 0 unspecified atom stereocenters. The minimum Gasteiger partial charge on any atom is -0.507 e. The van der Waals surface area contributed by atoms with E-state index < -0.39 is 5.91 Å². The summed E-state index contributed by atoms with van der Waals surface area (Å²) in [6.45, 7) is -0.254. The van der Waals surface area contributed by atoms with Gasteiger partial charge in [0, 0.05) is 0 Å². The van der Waals surface area contributed by atoms with Crippen LogP contribution in [0.2, 0.25) is 0 Å². The number of anilines is 1. The number of carbonyl (C=O) groups is 1. The number of hydrogen-bond acceptors (Lipinski definition) is 4. The molecule has 0 radical (unpaired) electrons. The maximum atomic E-state index is 12.0. The predicted octanol–water partition coefficient (Wildman–Crippen LogP) is 1.38. The molecule has 100 valence electrons. The zero-order chi connectivity index (χ0) is 14.4. The van der Waals surface area contributed by atoms with Crippen LogP contribution < -0.4 is 5.32 Å². The number of aliphatic hydroxyl groups excluding tert-OH is 1. The number of nitrogens with one attached hydrogen (secondary N) is 1. The lowest BCUT2D eigenvalue weighted by Gasteiger charge is -2.06. The fraction of sp³-hybridized carbons (Fsp3) is 0.0667. The number of carbonyl (C=O) groups excluding carboxylic acids is 1. The van der Waals surface area contributed by atoms with Crippen LogP contribution in [0, 0.1) is 11.8 Å². The number of rotatable bonds is 2. The molecule has 1 aromatic carbocycles. The summed E-state index contributed by atoms with van der Waals surface area (Å²) in [5.41, 5.74) is 0.607. The number of pyridine rings is 1. The molecule has 2 rings (SSSR count). The highest BCUT2D eigenvalue weighted by Gasteiger charge is 2.10. The van der Waals surface area contributed by atoms with E-state index in [1.165, 1.54) is 12.1 Å². The Kier molecular flexibility index (Phi) is 4.32. The molecule has 1 heterocycles. The van der Waals surface area contributed by atoms with Crippen molar-refractivity contribution < 1.29 is 15.0 Å². The largest absolute Gasteiger partial charge is 0.507 e. The summed E-state index contributed by atoms with van der Waals surface area (Å²) in [7, 11) is 0. The van der Waals surface area contributed by atoms with Crippen molar-refractivity contribution in [2.24, 2.45) is 0 Å². The number of phenols is 1. The molecule has 0 atom stereocenters. The molecule has 3 N–H and O–H groups in total. The molecule has 2 aromatic rings. The van der Waals surface area contributed by atoms with E-state index in [1.54, 1.807) is 30.3 Å². The Morgan fingerprint density at radius 2 is 2.00 bits per heavy atom. The minimum atomic E-state index is -0.456. The second-order valence-electron chi connectivity index (χ2n) is 3.84. The molecule has 0 saturated heterocycles. The Bertz CT molecular complexity index is 687. The first-order valence-electron chi connectivity index (χ1n) is 5.87. The highest BCUT2D eigenvalue weighted by atomic mass is 16.3. The molecular formula is C15H12N2O3. The Hall–Kier alpha value is -2.84. The Morgan fingerprint density at radius 3 is 2.75 bits per heavy atom. The van der Waals surface area contributed by atoms with Crippen LogP contribution in [-0.2, 0) is 0 Å². The van der Waals surface area contributed by atoms with Crippen molar-refractivity contribution in [1.29, 1.82) is 0 Å². The van der Waals surface area contributed by atoms with Gasteiger partial charge in [0.15, 0.2) is 0 Å². The number of amides is 1. The van der Waals surface area contributed by atoms with Gasteiger partial charge in [-0.2, -0.15) is 0 Å². The molecule has 20 heavy (non-hydrogen) atoms. The monoisotopic (exact) mass is 268 g/mol. The van der Waals surface area contributed by atoms with Crippen molar-refractivity contribution >= 4 is 11.7 Å². The van der Waals surface area contributed by atoms with E-state index in [0.29, 0.717) is 11.5 Å². The van der Waals surface area contributed by atoms with Crippen molar-refractivity contribution in [3.63, 3.8) is 0 Å². The number of phenolic OH excluding ortho intramolecular Hbond substituents is 1. The Labute approximate surface area is 115 Å². The number of benzene rings is 1. The molecule has 0 spiro atoms. The van der Waals surface area contributed by atoms with Crippen molar-refractivity contribution in [2.75, 3.05) is 11.9 Å². The number of para-hydroxylation sites is 1. The smallest absolute Gasteiger partial charge is 0.260 e. The fourth-order valence-electron chi connectivity index (χ4n) is 1.55. The first kappa shape index (κ1) is 13.6. The van der Waals surface area contributed by atoms with E-state index >= 15 is 0 Å². The van der Waals surface area contributed by atoms with Gasteiger partial charge >= 0.3 is 0 Å². The van der Waals surface area contributed by atoms with Crippen LogP contribution in [0.15, 0.2) is 42.5 Å². The van der Waals surface area contributed by atoms with E-state index in [2.05, 4.69) is 22.1 Å². The predicted molar refractivity (Wildman–Crippen MR) is 74.3 cm³/mol. The van der Waals surface area contributed by atoms with Crippen molar-refractivity contribution in [2.45, 2.75) is 0 Å². The van der Waals surface area contributed by atoms with E-state index in [4.69, 9.17) is 5.11 Å². The topological polar surface area (TPSA) is 82.5 Å². The van der Waals surface area contributed by atoms with E-state index in [9.17, 15) is 9.90 Å². The SMILES string of the molecule is O=C(Nc1cccc(C#CCO)n1)c1ccccc1O.